The van der Waals surface area contributed by atoms with Crippen molar-refractivity contribution in [2.45, 2.75) is 0 Å². The first-order chi connectivity index (χ1) is 17.6. The zero-order valence-electron chi connectivity index (χ0n) is 18.8. The van der Waals surface area contributed by atoms with Crippen molar-refractivity contribution in [1.29, 1.82) is 0 Å². The number of carbonyl (C=O) groups is 1. The quantitative estimate of drug-likeness (QED) is 0.299. The zero-order valence-corrected chi connectivity index (χ0v) is 19.6. The molecular formula is C27H19ClN4O4. The summed E-state index contributed by atoms with van der Waals surface area (Å²) in [5.74, 6) is 1.59. The van der Waals surface area contributed by atoms with Gasteiger partial charge >= 0.3 is 6.03 Å². The summed E-state index contributed by atoms with van der Waals surface area (Å²) in [6.45, 7) is 0.734. The molecule has 0 unspecified atom stereocenters. The van der Waals surface area contributed by atoms with E-state index in [2.05, 4.69) is 15.3 Å². The number of aromatic amines is 1. The number of aromatic nitrogens is 2. The van der Waals surface area contributed by atoms with Gasteiger partial charge in [0.2, 0.25) is 0 Å². The Morgan fingerprint density at radius 1 is 1.06 bits per heavy atom. The topological polar surface area (TPSA) is 96.6 Å². The fourth-order valence-electron chi connectivity index (χ4n) is 4.32. The van der Waals surface area contributed by atoms with Crippen LogP contribution in [0.25, 0.3) is 21.8 Å². The van der Waals surface area contributed by atoms with Gasteiger partial charge in [-0.15, -0.1) is 0 Å². The van der Waals surface area contributed by atoms with Crippen molar-refractivity contribution in [1.82, 2.24) is 9.97 Å². The van der Waals surface area contributed by atoms with Gasteiger partial charge in [0.15, 0.2) is 0 Å². The number of hydrogen-bond donors (Lipinski definition) is 2. The summed E-state index contributed by atoms with van der Waals surface area (Å²) >= 11 is 6.04. The van der Waals surface area contributed by atoms with E-state index in [-0.39, 0.29) is 11.6 Å². The van der Waals surface area contributed by atoms with Gasteiger partial charge in [-0.25, -0.2) is 9.78 Å². The number of fused-ring (bicyclic) bond motifs is 4. The first-order valence-electron chi connectivity index (χ1n) is 11.3. The Hall–Kier alpha value is -4.56. The number of ether oxygens (including phenoxy) is 2. The number of amides is 2. The van der Waals surface area contributed by atoms with Gasteiger partial charge in [-0.3, -0.25) is 9.69 Å². The van der Waals surface area contributed by atoms with E-state index in [1.54, 1.807) is 65.7 Å². The number of halogens is 1. The SMILES string of the molecule is O=C(Nc1cccc(Cl)c1)N1CCOc2cc(Oc3ccnc4[nH]c(=O)c5ccccc5c34)ccc21. The maximum absolute atomic E-state index is 13.0. The molecule has 3 aromatic carbocycles. The molecule has 1 aliphatic heterocycles. The van der Waals surface area contributed by atoms with Crippen molar-refractivity contribution >= 4 is 50.8 Å². The lowest BCUT2D eigenvalue weighted by molar-refractivity contribution is 0.250. The largest absolute Gasteiger partial charge is 0.489 e. The van der Waals surface area contributed by atoms with E-state index in [0.717, 1.165) is 5.39 Å². The van der Waals surface area contributed by atoms with Crippen LogP contribution in [0.1, 0.15) is 0 Å². The predicted octanol–water partition coefficient (Wildman–Crippen LogP) is 5.95. The molecule has 0 aliphatic carbocycles. The van der Waals surface area contributed by atoms with Gasteiger partial charge in [0, 0.05) is 33.7 Å². The van der Waals surface area contributed by atoms with Gasteiger partial charge in [-0.2, -0.15) is 0 Å². The number of pyridine rings is 2. The van der Waals surface area contributed by atoms with Crippen molar-refractivity contribution in [3.8, 4) is 17.2 Å². The normalized spacial score (nSPS) is 12.8. The standard InChI is InChI=1S/C27H19ClN4O4/c28-16-4-3-5-17(14-16)30-27(34)32-12-13-35-23-15-18(8-9-21(23)32)36-22-10-11-29-25-24(22)19-6-1-2-7-20(19)26(33)31-25/h1-11,14-15H,12-13H2,(H,30,34)(H,29,31,33). The summed E-state index contributed by atoms with van der Waals surface area (Å²) in [5, 5.41) is 5.41. The molecule has 0 saturated heterocycles. The maximum atomic E-state index is 13.0. The number of urea groups is 1. The third-order valence-corrected chi connectivity index (χ3v) is 6.16. The molecule has 5 aromatic rings. The Bertz CT molecular complexity index is 1700. The van der Waals surface area contributed by atoms with Gasteiger partial charge in [0.25, 0.3) is 5.56 Å². The minimum absolute atomic E-state index is 0.207. The summed E-state index contributed by atoms with van der Waals surface area (Å²) < 4.78 is 12.1. The molecule has 0 fully saturated rings. The Kier molecular flexibility index (Phi) is 5.42. The second kappa shape index (κ2) is 8.90. The maximum Gasteiger partial charge on any atom is 0.326 e. The Balaban J connectivity index is 1.32. The summed E-state index contributed by atoms with van der Waals surface area (Å²) in [7, 11) is 0. The highest BCUT2D eigenvalue weighted by atomic mass is 35.5. The minimum atomic E-state index is -0.286. The average molecular weight is 499 g/mol. The van der Waals surface area contributed by atoms with Crippen LogP contribution >= 0.6 is 11.6 Å². The summed E-state index contributed by atoms with van der Waals surface area (Å²) in [6.07, 6.45) is 1.58. The average Bonchev–Trinajstić information content (AvgIpc) is 2.88. The highest BCUT2D eigenvalue weighted by Gasteiger charge is 2.25. The Morgan fingerprint density at radius 3 is 2.78 bits per heavy atom. The Morgan fingerprint density at radius 2 is 1.92 bits per heavy atom. The number of nitrogens with one attached hydrogen (secondary N) is 2. The molecule has 2 N–H and O–H groups in total. The molecule has 0 saturated carbocycles. The number of H-pyrrole nitrogens is 1. The van der Waals surface area contributed by atoms with E-state index in [1.165, 1.54) is 0 Å². The third kappa shape index (κ3) is 3.97. The monoisotopic (exact) mass is 498 g/mol. The molecule has 1 aliphatic rings. The van der Waals surface area contributed by atoms with Crippen LogP contribution in [0.2, 0.25) is 5.02 Å². The number of hydrogen-bond acceptors (Lipinski definition) is 5. The smallest absolute Gasteiger partial charge is 0.326 e. The van der Waals surface area contributed by atoms with E-state index in [4.69, 9.17) is 21.1 Å². The van der Waals surface area contributed by atoms with Crippen LogP contribution in [0.15, 0.2) is 83.8 Å². The molecule has 0 spiro atoms. The molecule has 0 radical (unpaired) electrons. The lowest BCUT2D eigenvalue weighted by atomic mass is 10.1. The highest BCUT2D eigenvalue weighted by Crippen LogP contribution is 2.38. The molecule has 178 valence electrons. The predicted molar refractivity (Wildman–Crippen MR) is 140 cm³/mol. The van der Waals surface area contributed by atoms with Crippen molar-refractivity contribution in [3.63, 3.8) is 0 Å². The van der Waals surface area contributed by atoms with Gasteiger partial charge in [-0.1, -0.05) is 35.9 Å². The van der Waals surface area contributed by atoms with Crippen LogP contribution in [-0.4, -0.2) is 29.2 Å². The summed E-state index contributed by atoms with van der Waals surface area (Å²) in [6, 6.07) is 21.1. The number of benzene rings is 3. The van der Waals surface area contributed by atoms with Crippen molar-refractivity contribution in [3.05, 3.63) is 94.4 Å². The number of anilines is 2. The molecule has 8 nitrogen and oxygen atoms in total. The molecule has 3 heterocycles. The number of nitrogens with zero attached hydrogens (tertiary/aromatic N) is 2. The fourth-order valence-corrected chi connectivity index (χ4v) is 4.51. The Labute approximate surface area is 210 Å². The second-order valence-corrected chi connectivity index (χ2v) is 8.64. The van der Waals surface area contributed by atoms with Crippen LogP contribution in [0.3, 0.4) is 0 Å². The summed E-state index contributed by atoms with van der Waals surface area (Å²) in [4.78, 5) is 34.2. The lowest BCUT2D eigenvalue weighted by Gasteiger charge is -2.30. The van der Waals surface area contributed by atoms with E-state index in [1.807, 2.05) is 18.2 Å². The number of carbonyl (C=O) groups excluding carboxylic acids is 1. The highest BCUT2D eigenvalue weighted by molar-refractivity contribution is 6.31. The van der Waals surface area contributed by atoms with Gasteiger partial charge in [-0.05, 0) is 42.5 Å². The molecule has 0 atom stereocenters. The third-order valence-electron chi connectivity index (χ3n) is 5.93. The van der Waals surface area contributed by atoms with E-state index in [9.17, 15) is 9.59 Å². The first-order valence-corrected chi connectivity index (χ1v) is 11.6. The molecule has 9 heteroatoms. The lowest BCUT2D eigenvalue weighted by Crippen LogP contribution is -2.40. The molecule has 2 aromatic heterocycles. The molecule has 2 amide bonds. The summed E-state index contributed by atoms with van der Waals surface area (Å²) in [5.41, 5.74) is 1.47. The van der Waals surface area contributed by atoms with E-state index >= 15 is 0 Å². The van der Waals surface area contributed by atoms with Crippen LogP contribution in [-0.2, 0) is 0 Å². The minimum Gasteiger partial charge on any atom is -0.489 e. The van der Waals surface area contributed by atoms with Crippen LogP contribution in [0, 0.1) is 0 Å². The van der Waals surface area contributed by atoms with Crippen LogP contribution in [0.5, 0.6) is 17.2 Å². The molecule has 36 heavy (non-hydrogen) atoms. The van der Waals surface area contributed by atoms with E-state index in [0.29, 0.717) is 63.2 Å². The van der Waals surface area contributed by atoms with E-state index < -0.39 is 0 Å². The second-order valence-electron chi connectivity index (χ2n) is 8.20. The first kappa shape index (κ1) is 21.9. The molecule has 0 bridgehead atoms. The number of rotatable bonds is 3. The van der Waals surface area contributed by atoms with Crippen molar-refractivity contribution in [2.75, 3.05) is 23.4 Å². The van der Waals surface area contributed by atoms with Crippen LogP contribution < -0.4 is 25.2 Å². The fraction of sp³-hybridized carbons (Fsp3) is 0.0741. The van der Waals surface area contributed by atoms with Crippen molar-refractivity contribution in [2.24, 2.45) is 0 Å². The van der Waals surface area contributed by atoms with Crippen LogP contribution in [0.4, 0.5) is 16.2 Å². The van der Waals surface area contributed by atoms with Gasteiger partial charge in [0.05, 0.1) is 17.6 Å². The van der Waals surface area contributed by atoms with Gasteiger partial charge < -0.3 is 19.8 Å². The van der Waals surface area contributed by atoms with Crippen molar-refractivity contribution < 1.29 is 14.3 Å². The molecule has 6 rings (SSSR count). The van der Waals surface area contributed by atoms with Gasteiger partial charge in [0.1, 0.15) is 29.5 Å². The zero-order chi connectivity index (χ0) is 24.6. The molecular weight excluding hydrogens is 480 g/mol.